The highest BCUT2D eigenvalue weighted by atomic mass is 32.1. The van der Waals surface area contributed by atoms with E-state index in [9.17, 15) is 4.79 Å². The molecular formula is C13H17NO2S. The van der Waals surface area contributed by atoms with Crippen molar-refractivity contribution < 1.29 is 4.74 Å². The van der Waals surface area contributed by atoms with Crippen molar-refractivity contribution in [1.82, 2.24) is 4.57 Å². The van der Waals surface area contributed by atoms with E-state index in [0.717, 1.165) is 29.5 Å². The van der Waals surface area contributed by atoms with Crippen LogP contribution in [0.2, 0.25) is 0 Å². The average Bonchev–Trinajstić information content (AvgIpc) is 2.80. The molecule has 0 saturated heterocycles. The van der Waals surface area contributed by atoms with E-state index in [0.29, 0.717) is 13.2 Å². The number of hydrogen-bond acceptors (Lipinski definition) is 3. The third kappa shape index (κ3) is 2.96. The van der Waals surface area contributed by atoms with Crippen LogP contribution in [0, 0.1) is 0 Å². The highest BCUT2D eigenvalue weighted by Crippen LogP contribution is 2.15. The number of rotatable bonds is 6. The molecule has 0 atom stereocenters. The van der Waals surface area contributed by atoms with Gasteiger partial charge in [-0.15, -0.1) is 11.3 Å². The van der Waals surface area contributed by atoms with Gasteiger partial charge in [0.15, 0.2) is 0 Å². The van der Waals surface area contributed by atoms with Crippen molar-refractivity contribution in [3.05, 3.63) is 34.1 Å². The predicted octanol–water partition coefficient (Wildman–Crippen LogP) is 2.88. The Balaban J connectivity index is 1.99. The number of ether oxygens (including phenoxy) is 1. The molecular weight excluding hydrogens is 234 g/mol. The molecule has 0 aliphatic carbocycles. The minimum absolute atomic E-state index is 0.0860. The summed E-state index contributed by atoms with van der Waals surface area (Å²) in [6.45, 7) is 4.16. The van der Waals surface area contributed by atoms with Gasteiger partial charge < -0.3 is 9.30 Å². The summed E-state index contributed by atoms with van der Waals surface area (Å²) in [6.07, 6.45) is 4.07. The van der Waals surface area contributed by atoms with Crippen LogP contribution in [0.4, 0.5) is 0 Å². The molecule has 4 heteroatoms. The Kier molecular flexibility index (Phi) is 4.34. The van der Waals surface area contributed by atoms with Crippen LogP contribution in [0.3, 0.4) is 0 Å². The van der Waals surface area contributed by atoms with Crippen LogP contribution in [0.25, 0.3) is 10.1 Å². The zero-order valence-corrected chi connectivity index (χ0v) is 10.8. The van der Waals surface area contributed by atoms with Crippen molar-refractivity contribution in [3.63, 3.8) is 0 Å². The monoisotopic (exact) mass is 251 g/mol. The highest BCUT2D eigenvalue weighted by Gasteiger charge is 2.02. The van der Waals surface area contributed by atoms with Gasteiger partial charge in [-0.05, 0) is 23.9 Å². The first-order valence-corrected chi connectivity index (χ1v) is 6.85. The lowest BCUT2D eigenvalue weighted by atomic mass is 10.3. The SMILES string of the molecule is CCCCOCCn1ccc2sccc2c1=O. The van der Waals surface area contributed by atoms with Crippen molar-refractivity contribution in [2.24, 2.45) is 0 Å². The number of fused-ring (bicyclic) bond motifs is 1. The van der Waals surface area contributed by atoms with Gasteiger partial charge >= 0.3 is 0 Å². The Morgan fingerprint density at radius 2 is 2.24 bits per heavy atom. The zero-order valence-electron chi connectivity index (χ0n) is 10.0. The first kappa shape index (κ1) is 12.3. The third-order valence-electron chi connectivity index (χ3n) is 2.71. The molecule has 3 nitrogen and oxygen atoms in total. The van der Waals surface area contributed by atoms with Crippen LogP contribution in [0.1, 0.15) is 19.8 Å². The highest BCUT2D eigenvalue weighted by molar-refractivity contribution is 7.17. The number of aromatic nitrogens is 1. The van der Waals surface area contributed by atoms with Crippen molar-refractivity contribution in [1.29, 1.82) is 0 Å². The summed E-state index contributed by atoms with van der Waals surface area (Å²) in [6, 6.07) is 3.88. The maximum absolute atomic E-state index is 12.0. The maximum Gasteiger partial charge on any atom is 0.259 e. The summed E-state index contributed by atoms with van der Waals surface area (Å²) in [5.74, 6) is 0. The lowest BCUT2D eigenvalue weighted by Crippen LogP contribution is -2.21. The van der Waals surface area contributed by atoms with Crippen LogP contribution in [0.15, 0.2) is 28.5 Å². The van der Waals surface area contributed by atoms with Crippen molar-refractivity contribution in [3.8, 4) is 0 Å². The number of hydrogen-bond donors (Lipinski definition) is 0. The number of thiophene rings is 1. The second-order valence-electron chi connectivity index (χ2n) is 3.98. The molecule has 0 bridgehead atoms. The molecule has 0 unspecified atom stereocenters. The van der Waals surface area contributed by atoms with Gasteiger partial charge in [-0.25, -0.2) is 0 Å². The van der Waals surface area contributed by atoms with Crippen LogP contribution >= 0.6 is 11.3 Å². The third-order valence-corrected chi connectivity index (χ3v) is 3.59. The van der Waals surface area contributed by atoms with E-state index in [2.05, 4.69) is 6.92 Å². The molecule has 0 aliphatic heterocycles. The normalized spacial score (nSPS) is 11.1. The van der Waals surface area contributed by atoms with Gasteiger partial charge in [0.05, 0.1) is 12.0 Å². The molecule has 0 amide bonds. The summed E-state index contributed by atoms with van der Waals surface area (Å²) < 4.78 is 8.25. The second kappa shape index (κ2) is 5.98. The molecule has 17 heavy (non-hydrogen) atoms. The number of unbranched alkanes of at least 4 members (excludes halogenated alkanes) is 1. The number of pyridine rings is 1. The van der Waals surface area contributed by atoms with E-state index in [1.165, 1.54) is 0 Å². The first-order chi connectivity index (χ1) is 8.33. The maximum atomic E-state index is 12.0. The Bertz CT molecular complexity index is 529. The summed E-state index contributed by atoms with van der Waals surface area (Å²) >= 11 is 1.60. The van der Waals surface area contributed by atoms with E-state index in [1.807, 2.05) is 23.7 Å². The molecule has 2 heterocycles. The fraction of sp³-hybridized carbons (Fsp3) is 0.462. The van der Waals surface area contributed by atoms with E-state index < -0.39 is 0 Å². The van der Waals surface area contributed by atoms with E-state index >= 15 is 0 Å². The van der Waals surface area contributed by atoms with E-state index in [1.54, 1.807) is 15.9 Å². The second-order valence-corrected chi connectivity index (χ2v) is 4.93. The van der Waals surface area contributed by atoms with Gasteiger partial charge in [-0.2, -0.15) is 0 Å². The minimum Gasteiger partial charge on any atom is -0.380 e. The molecule has 2 aromatic rings. The summed E-state index contributed by atoms with van der Waals surface area (Å²) in [7, 11) is 0. The molecule has 0 aliphatic rings. The lowest BCUT2D eigenvalue weighted by molar-refractivity contribution is 0.123. The molecule has 0 N–H and O–H groups in total. The van der Waals surface area contributed by atoms with Gasteiger partial charge in [0.2, 0.25) is 0 Å². The van der Waals surface area contributed by atoms with E-state index in [4.69, 9.17) is 4.74 Å². The van der Waals surface area contributed by atoms with Crippen molar-refractivity contribution in [2.45, 2.75) is 26.3 Å². The van der Waals surface area contributed by atoms with Gasteiger partial charge in [0, 0.05) is 24.0 Å². The van der Waals surface area contributed by atoms with Crippen LogP contribution in [-0.4, -0.2) is 17.8 Å². The van der Waals surface area contributed by atoms with Gasteiger partial charge in [0.25, 0.3) is 5.56 Å². The zero-order chi connectivity index (χ0) is 12.1. The molecule has 0 fully saturated rings. The Labute approximate surface area is 105 Å². The van der Waals surface area contributed by atoms with Crippen molar-refractivity contribution >= 4 is 21.4 Å². The molecule has 92 valence electrons. The topological polar surface area (TPSA) is 31.2 Å². The molecule has 2 rings (SSSR count). The lowest BCUT2D eigenvalue weighted by Gasteiger charge is -2.06. The summed E-state index contributed by atoms with van der Waals surface area (Å²) in [5.41, 5.74) is 0.0860. The Hall–Kier alpha value is -1.13. The van der Waals surface area contributed by atoms with Crippen LogP contribution in [-0.2, 0) is 11.3 Å². The fourth-order valence-electron chi connectivity index (χ4n) is 1.69. The molecule has 0 saturated carbocycles. The molecule has 0 radical (unpaired) electrons. The summed E-state index contributed by atoms with van der Waals surface area (Å²) in [4.78, 5) is 12.0. The quantitative estimate of drug-likeness (QED) is 0.739. The van der Waals surface area contributed by atoms with Gasteiger partial charge in [-0.1, -0.05) is 13.3 Å². The van der Waals surface area contributed by atoms with Crippen molar-refractivity contribution in [2.75, 3.05) is 13.2 Å². The standard InChI is InChI=1S/C13H17NO2S/c1-2-3-8-16-9-7-14-6-4-12-11(13(14)15)5-10-17-12/h4-6,10H,2-3,7-9H2,1H3. The smallest absolute Gasteiger partial charge is 0.259 e. The predicted molar refractivity (Wildman–Crippen MR) is 71.8 cm³/mol. The minimum atomic E-state index is 0.0860. The molecule has 2 aromatic heterocycles. The molecule has 0 aromatic carbocycles. The Morgan fingerprint density at radius 1 is 1.35 bits per heavy atom. The van der Waals surface area contributed by atoms with Gasteiger partial charge in [0.1, 0.15) is 0 Å². The Morgan fingerprint density at radius 3 is 3.06 bits per heavy atom. The molecule has 0 spiro atoms. The largest absolute Gasteiger partial charge is 0.380 e. The van der Waals surface area contributed by atoms with Crippen LogP contribution < -0.4 is 5.56 Å². The van der Waals surface area contributed by atoms with Crippen LogP contribution in [0.5, 0.6) is 0 Å². The van der Waals surface area contributed by atoms with E-state index in [-0.39, 0.29) is 5.56 Å². The summed E-state index contributed by atoms with van der Waals surface area (Å²) in [5, 5.41) is 2.76. The fourth-order valence-corrected chi connectivity index (χ4v) is 2.47. The average molecular weight is 251 g/mol. The number of nitrogens with zero attached hydrogens (tertiary/aromatic N) is 1. The first-order valence-electron chi connectivity index (χ1n) is 5.97. The van der Waals surface area contributed by atoms with Gasteiger partial charge in [-0.3, -0.25) is 4.79 Å².